The molecule has 0 heterocycles. The second-order valence-corrected chi connectivity index (χ2v) is 6.24. The molecule has 0 spiro atoms. The standard InChI is InChI=1S/C24H19NO/c1-18(26)21-16-17-24(23-15-9-8-14-22(21)23)25(19-10-4-2-5-11-19)20-12-6-3-7-13-20/h2-17H,1H3. The van der Waals surface area contributed by atoms with E-state index in [0.29, 0.717) is 0 Å². The molecule has 0 aliphatic carbocycles. The maximum absolute atomic E-state index is 12.1. The van der Waals surface area contributed by atoms with E-state index in [1.54, 1.807) is 6.92 Å². The summed E-state index contributed by atoms with van der Waals surface area (Å²) in [4.78, 5) is 14.3. The van der Waals surface area contributed by atoms with Gasteiger partial charge < -0.3 is 4.90 Å². The molecule has 0 atom stereocenters. The highest BCUT2D eigenvalue weighted by molar-refractivity contribution is 6.11. The third kappa shape index (κ3) is 2.86. The van der Waals surface area contributed by atoms with E-state index in [4.69, 9.17) is 0 Å². The number of hydrogen-bond donors (Lipinski definition) is 0. The van der Waals surface area contributed by atoms with E-state index in [0.717, 1.165) is 33.4 Å². The molecule has 0 bridgehead atoms. The zero-order chi connectivity index (χ0) is 17.9. The van der Waals surface area contributed by atoms with Crippen LogP contribution in [0.5, 0.6) is 0 Å². The summed E-state index contributed by atoms with van der Waals surface area (Å²) < 4.78 is 0. The van der Waals surface area contributed by atoms with Gasteiger partial charge in [-0.25, -0.2) is 0 Å². The summed E-state index contributed by atoms with van der Waals surface area (Å²) in [6.07, 6.45) is 0. The van der Waals surface area contributed by atoms with E-state index in [1.165, 1.54) is 0 Å². The van der Waals surface area contributed by atoms with Gasteiger partial charge in [0.05, 0.1) is 5.69 Å². The van der Waals surface area contributed by atoms with Gasteiger partial charge in [0.2, 0.25) is 0 Å². The van der Waals surface area contributed by atoms with Crippen molar-refractivity contribution < 1.29 is 4.79 Å². The summed E-state index contributed by atoms with van der Waals surface area (Å²) in [7, 11) is 0. The highest BCUT2D eigenvalue weighted by Crippen LogP contribution is 2.39. The molecule has 0 fully saturated rings. The maximum atomic E-state index is 12.1. The quantitative estimate of drug-likeness (QED) is 0.395. The fourth-order valence-electron chi connectivity index (χ4n) is 3.37. The van der Waals surface area contributed by atoms with Gasteiger partial charge in [-0.05, 0) is 48.7 Å². The first-order valence-electron chi connectivity index (χ1n) is 8.68. The molecule has 26 heavy (non-hydrogen) atoms. The van der Waals surface area contributed by atoms with Crippen molar-refractivity contribution in [2.75, 3.05) is 4.90 Å². The largest absolute Gasteiger partial charge is 0.310 e. The number of nitrogens with zero attached hydrogens (tertiary/aromatic N) is 1. The smallest absolute Gasteiger partial charge is 0.160 e. The van der Waals surface area contributed by atoms with E-state index in [-0.39, 0.29) is 5.78 Å². The summed E-state index contributed by atoms with van der Waals surface area (Å²) in [5, 5.41) is 2.04. The lowest BCUT2D eigenvalue weighted by molar-refractivity contribution is 0.101. The Bertz CT molecular complexity index is 1020. The first-order valence-corrected chi connectivity index (χ1v) is 8.68. The lowest BCUT2D eigenvalue weighted by atomic mass is 9.99. The normalized spacial score (nSPS) is 10.7. The maximum Gasteiger partial charge on any atom is 0.160 e. The molecule has 4 aromatic rings. The number of Topliss-reactive ketones (excluding diaryl/α,β-unsaturated/α-hetero) is 1. The number of ketones is 1. The number of hydrogen-bond acceptors (Lipinski definition) is 2. The van der Waals surface area contributed by atoms with Crippen molar-refractivity contribution in [3.8, 4) is 0 Å². The van der Waals surface area contributed by atoms with Crippen LogP contribution in [0.2, 0.25) is 0 Å². The zero-order valence-electron chi connectivity index (χ0n) is 14.6. The molecule has 0 saturated carbocycles. The molecule has 2 nitrogen and oxygen atoms in total. The summed E-state index contributed by atoms with van der Waals surface area (Å²) in [5.41, 5.74) is 3.98. The van der Waals surface area contributed by atoms with Crippen LogP contribution in [0.3, 0.4) is 0 Å². The minimum absolute atomic E-state index is 0.0822. The third-order valence-corrected chi connectivity index (χ3v) is 4.55. The molecule has 0 saturated heterocycles. The SMILES string of the molecule is CC(=O)c1ccc(N(c2ccccc2)c2ccccc2)c2ccccc12. The van der Waals surface area contributed by atoms with Crippen molar-refractivity contribution in [1.29, 1.82) is 0 Å². The van der Waals surface area contributed by atoms with Crippen LogP contribution in [0.15, 0.2) is 97.1 Å². The Morgan fingerprint density at radius 3 is 1.65 bits per heavy atom. The van der Waals surface area contributed by atoms with Crippen LogP contribution in [-0.4, -0.2) is 5.78 Å². The van der Waals surface area contributed by atoms with Crippen LogP contribution in [0.4, 0.5) is 17.1 Å². The molecule has 4 aromatic carbocycles. The van der Waals surface area contributed by atoms with Crippen molar-refractivity contribution in [2.24, 2.45) is 0 Å². The van der Waals surface area contributed by atoms with E-state index >= 15 is 0 Å². The highest BCUT2D eigenvalue weighted by atomic mass is 16.1. The van der Waals surface area contributed by atoms with Crippen molar-refractivity contribution in [2.45, 2.75) is 6.92 Å². The Morgan fingerprint density at radius 2 is 1.12 bits per heavy atom. The number of carbonyl (C=O) groups excluding carboxylic acids is 1. The highest BCUT2D eigenvalue weighted by Gasteiger charge is 2.16. The lowest BCUT2D eigenvalue weighted by Gasteiger charge is -2.27. The van der Waals surface area contributed by atoms with Crippen LogP contribution in [-0.2, 0) is 0 Å². The minimum Gasteiger partial charge on any atom is -0.310 e. The van der Waals surface area contributed by atoms with Crippen LogP contribution in [0.1, 0.15) is 17.3 Å². The average Bonchev–Trinajstić information content (AvgIpc) is 2.70. The lowest BCUT2D eigenvalue weighted by Crippen LogP contribution is -2.10. The molecular formula is C24H19NO. The van der Waals surface area contributed by atoms with Gasteiger partial charge in [0.15, 0.2) is 5.78 Å². The molecule has 0 N–H and O–H groups in total. The number of carbonyl (C=O) groups is 1. The van der Waals surface area contributed by atoms with Crippen LogP contribution in [0.25, 0.3) is 10.8 Å². The van der Waals surface area contributed by atoms with E-state index < -0.39 is 0 Å². The molecule has 0 unspecified atom stereocenters. The van der Waals surface area contributed by atoms with E-state index in [1.807, 2.05) is 66.7 Å². The first-order chi connectivity index (χ1) is 12.8. The third-order valence-electron chi connectivity index (χ3n) is 4.55. The topological polar surface area (TPSA) is 20.3 Å². The molecule has 126 valence electrons. The fraction of sp³-hybridized carbons (Fsp3) is 0.0417. The number of anilines is 3. The van der Waals surface area contributed by atoms with Gasteiger partial charge in [-0.2, -0.15) is 0 Å². The van der Waals surface area contributed by atoms with Crippen LogP contribution in [0, 0.1) is 0 Å². The Labute approximate surface area is 153 Å². The summed E-state index contributed by atoms with van der Waals surface area (Å²) in [6.45, 7) is 1.62. The Kier molecular flexibility index (Phi) is 4.24. The van der Waals surface area contributed by atoms with Crippen molar-refractivity contribution >= 4 is 33.6 Å². The van der Waals surface area contributed by atoms with E-state index in [9.17, 15) is 4.79 Å². The van der Waals surface area contributed by atoms with Gasteiger partial charge in [0.25, 0.3) is 0 Å². The number of rotatable bonds is 4. The van der Waals surface area contributed by atoms with Gasteiger partial charge >= 0.3 is 0 Å². The monoisotopic (exact) mass is 337 g/mol. The molecule has 0 aromatic heterocycles. The molecule has 0 aliphatic heterocycles. The average molecular weight is 337 g/mol. The molecular weight excluding hydrogens is 318 g/mol. The van der Waals surface area contributed by atoms with Crippen LogP contribution < -0.4 is 4.90 Å². The van der Waals surface area contributed by atoms with Crippen molar-refractivity contribution in [3.63, 3.8) is 0 Å². The number of benzene rings is 4. The Balaban J connectivity index is 2.01. The summed E-state index contributed by atoms with van der Waals surface area (Å²) in [6, 6.07) is 32.6. The van der Waals surface area contributed by atoms with Crippen molar-refractivity contribution in [1.82, 2.24) is 0 Å². The fourth-order valence-corrected chi connectivity index (χ4v) is 3.37. The Morgan fingerprint density at radius 1 is 0.615 bits per heavy atom. The van der Waals surface area contributed by atoms with Crippen molar-refractivity contribution in [3.05, 3.63) is 103 Å². The Hall–Kier alpha value is -3.39. The first kappa shape index (κ1) is 16.1. The van der Waals surface area contributed by atoms with Gasteiger partial charge in [-0.1, -0.05) is 60.7 Å². The van der Waals surface area contributed by atoms with Gasteiger partial charge in [-0.15, -0.1) is 0 Å². The second kappa shape index (κ2) is 6.85. The van der Waals surface area contributed by atoms with Gasteiger partial charge in [-0.3, -0.25) is 4.79 Å². The predicted octanol–water partition coefficient (Wildman–Crippen LogP) is 6.51. The second-order valence-electron chi connectivity index (χ2n) is 6.24. The van der Waals surface area contributed by atoms with Crippen LogP contribution >= 0.6 is 0 Å². The minimum atomic E-state index is 0.0822. The molecule has 0 aliphatic rings. The van der Waals surface area contributed by atoms with Gasteiger partial charge in [0.1, 0.15) is 0 Å². The molecule has 0 radical (unpaired) electrons. The number of fused-ring (bicyclic) bond motifs is 1. The number of para-hydroxylation sites is 2. The van der Waals surface area contributed by atoms with Gasteiger partial charge in [0, 0.05) is 22.3 Å². The summed E-state index contributed by atoms with van der Waals surface area (Å²) >= 11 is 0. The molecule has 0 amide bonds. The van der Waals surface area contributed by atoms with E-state index in [2.05, 4.69) is 35.2 Å². The molecule has 2 heteroatoms. The summed E-state index contributed by atoms with van der Waals surface area (Å²) in [5.74, 6) is 0.0822. The predicted molar refractivity (Wildman–Crippen MR) is 109 cm³/mol. The zero-order valence-corrected chi connectivity index (χ0v) is 14.6. The molecule has 4 rings (SSSR count).